The van der Waals surface area contributed by atoms with Crippen LogP contribution in [0.4, 0.5) is 17.1 Å². The zero-order chi connectivity index (χ0) is 23.8. The van der Waals surface area contributed by atoms with E-state index in [1.807, 2.05) is 0 Å². The number of nitrogens with zero attached hydrogens (tertiary/aromatic N) is 1. The lowest BCUT2D eigenvalue weighted by Gasteiger charge is -2.27. The minimum absolute atomic E-state index is 0.241. The van der Waals surface area contributed by atoms with Crippen LogP contribution in [0.1, 0.15) is 27.8 Å². The van der Waals surface area contributed by atoms with E-state index in [2.05, 4.69) is 99.8 Å². The first-order valence-corrected chi connectivity index (χ1v) is 11.3. The molecule has 0 unspecified atom stereocenters. The molecule has 172 valence electrons. The number of aryl methyl sites for hydroxylation is 4. The summed E-state index contributed by atoms with van der Waals surface area (Å²) in [5.74, 6) is -0.425. The first-order chi connectivity index (χ1) is 15.9. The lowest BCUT2D eigenvalue weighted by atomic mass is 10.0. The highest BCUT2D eigenvalue weighted by molar-refractivity contribution is 5.81. The molecule has 0 bridgehead atoms. The molecule has 3 aromatic carbocycles. The van der Waals surface area contributed by atoms with Crippen molar-refractivity contribution in [2.24, 2.45) is 0 Å². The van der Waals surface area contributed by atoms with Gasteiger partial charge in [-0.1, -0.05) is 30.8 Å². The number of ether oxygens (including phenoxy) is 2. The van der Waals surface area contributed by atoms with Crippen LogP contribution in [0.5, 0.6) is 0 Å². The fraction of sp³-hybridized carbons (Fsp3) is 0.276. The standard InChI is InChI=1S/C29H33NO3/c1-6-29(31)33-18-17-32-16-15-25-9-13-26(14-10-25)30(27-11-7-21(2)23(4)19-27)28-12-8-22(3)24(5)20-28/h6-14,19-20H,1,15-18H2,2-5H3. The molecule has 0 saturated carbocycles. The van der Waals surface area contributed by atoms with Gasteiger partial charge in [-0.05, 0) is 98.3 Å². The third-order valence-electron chi connectivity index (χ3n) is 5.87. The van der Waals surface area contributed by atoms with Gasteiger partial charge in [0, 0.05) is 23.1 Å². The van der Waals surface area contributed by atoms with Crippen LogP contribution in [0, 0.1) is 27.7 Å². The Hall–Kier alpha value is -3.37. The van der Waals surface area contributed by atoms with Gasteiger partial charge in [-0.3, -0.25) is 0 Å². The van der Waals surface area contributed by atoms with Crippen molar-refractivity contribution in [2.45, 2.75) is 34.1 Å². The Morgan fingerprint density at radius 1 is 0.758 bits per heavy atom. The number of benzene rings is 3. The fourth-order valence-corrected chi connectivity index (χ4v) is 3.54. The van der Waals surface area contributed by atoms with E-state index in [0.717, 1.165) is 29.6 Å². The molecule has 0 aromatic heterocycles. The molecule has 0 radical (unpaired) electrons. The summed E-state index contributed by atoms with van der Waals surface area (Å²) < 4.78 is 10.5. The number of rotatable bonds is 10. The maximum Gasteiger partial charge on any atom is 0.330 e. The van der Waals surface area contributed by atoms with E-state index in [0.29, 0.717) is 13.2 Å². The van der Waals surface area contributed by atoms with Crippen LogP contribution in [-0.2, 0) is 20.7 Å². The van der Waals surface area contributed by atoms with E-state index in [-0.39, 0.29) is 6.61 Å². The highest BCUT2D eigenvalue weighted by Gasteiger charge is 2.14. The van der Waals surface area contributed by atoms with Crippen LogP contribution < -0.4 is 4.90 Å². The van der Waals surface area contributed by atoms with Gasteiger partial charge in [0.1, 0.15) is 6.61 Å². The highest BCUT2D eigenvalue weighted by atomic mass is 16.6. The second-order valence-electron chi connectivity index (χ2n) is 8.27. The summed E-state index contributed by atoms with van der Waals surface area (Å²) in [6.07, 6.45) is 1.95. The summed E-state index contributed by atoms with van der Waals surface area (Å²) in [5.41, 5.74) is 9.71. The van der Waals surface area contributed by atoms with Crippen molar-refractivity contribution in [3.05, 3.63) is 101 Å². The van der Waals surface area contributed by atoms with Gasteiger partial charge >= 0.3 is 5.97 Å². The number of esters is 1. The lowest BCUT2D eigenvalue weighted by Crippen LogP contribution is -2.11. The molecule has 0 N–H and O–H groups in total. The van der Waals surface area contributed by atoms with E-state index in [4.69, 9.17) is 9.47 Å². The molecule has 0 heterocycles. The number of hydrogen-bond donors (Lipinski definition) is 0. The molecule has 0 aliphatic carbocycles. The summed E-state index contributed by atoms with van der Waals surface area (Å²) in [4.78, 5) is 13.3. The average molecular weight is 444 g/mol. The maximum atomic E-state index is 11.0. The minimum atomic E-state index is -0.425. The van der Waals surface area contributed by atoms with E-state index in [1.165, 1.54) is 27.8 Å². The van der Waals surface area contributed by atoms with E-state index < -0.39 is 5.97 Å². The summed E-state index contributed by atoms with van der Waals surface area (Å²) >= 11 is 0. The number of hydrogen-bond acceptors (Lipinski definition) is 4. The van der Waals surface area contributed by atoms with Gasteiger partial charge in [-0.2, -0.15) is 0 Å². The van der Waals surface area contributed by atoms with Crippen LogP contribution in [0.2, 0.25) is 0 Å². The molecule has 0 spiro atoms. The third-order valence-corrected chi connectivity index (χ3v) is 5.87. The molecule has 0 aliphatic rings. The monoisotopic (exact) mass is 443 g/mol. The van der Waals surface area contributed by atoms with Gasteiger partial charge in [0.2, 0.25) is 0 Å². The van der Waals surface area contributed by atoms with Crippen molar-refractivity contribution in [3.8, 4) is 0 Å². The summed E-state index contributed by atoms with van der Waals surface area (Å²) in [7, 11) is 0. The highest BCUT2D eigenvalue weighted by Crippen LogP contribution is 2.36. The van der Waals surface area contributed by atoms with Gasteiger partial charge in [-0.25, -0.2) is 4.79 Å². The number of anilines is 3. The smallest absolute Gasteiger partial charge is 0.330 e. The van der Waals surface area contributed by atoms with Crippen molar-refractivity contribution in [3.63, 3.8) is 0 Å². The normalized spacial score (nSPS) is 10.7. The summed E-state index contributed by atoms with van der Waals surface area (Å²) in [6.45, 7) is 13.1. The van der Waals surface area contributed by atoms with E-state index in [9.17, 15) is 4.79 Å². The Morgan fingerprint density at radius 2 is 1.30 bits per heavy atom. The largest absolute Gasteiger partial charge is 0.460 e. The Kier molecular flexibility index (Phi) is 8.45. The second kappa shape index (κ2) is 11.5. The van der Waals surface area contributed by atoms with Crippen LogP contribution >= 0.6 is 0 Å². The maximum absolute atomic E-state index is 11.0. The molecule has 3 rings (SSSR count). The van der Waals surface area contributed by atoms with Gasteiger partial charge in [0.05, 0.1) is 13.2 Å². The number of carbonyl (C=O) groups excluding carboxylic acids is 1. The summed E-state index contributed by atoms with van der Waals surface area (Å²) in [6, 6.07) is 21.8. The molecular weight excluding hydrogens is 410 g/mol. The first kappa shape index (κ1) is 24.3. The Bertz CT molecular complexity index is 1050. The average Bonchev–Trinajstić information content (AvgIpc) is 2.81. The quantitative estimate of drug-likeness (QED) is 0.199. The second-order valence-corrected chi connectivity index (χ2v) is 8.27. The Balaban J connectivity index is 1.74. The third kappa shape index (κ3) is 6.56. The van der Waals surface area contributed by atoms with Crippen molar-refractivity contribution in [1.82, 2.24) is 0 Å². The zero-order valence-corrected chi connectivity index (χ0v) is 20.1. The number of carbonyl (C=O) groups is 1. The topological polar surface area (TPSA) is 38.8 Å². The SMILES string of the molecule is C=CC(=O)OCCOCCc1ccc(N(c2ccc(C)c(C)c2)c2ccc(C)c(C)c2)cc1. The zero-order valence-electron chi connectivity index (χ0n) is 20.1. The molecule has 33 heavy (non-hydrogen) atoms. The molecule has 0 saturated heterocycles. The van der Waals surface area contributed by atoms with E-state index >= 15 is 0 Å². The molecule has 0 atom stereocenters. The van der Waals surface area contributed by atoms with Gasteiger partial charge in [-0.15, -0.1) is 0 Å². The molecule has 4 nitrogen and oxygen atoms in total. The van der Waals surface area contributed by atoms with Gasteiger partial charge in [0.25, 0.3) is 0 Å². The van der Waals surface area contributed by atoms with E-state index in [1.54, 1.807) is 0 Å². The summed E-state index contributed by atoms with van der Waals surface area (Å²) in [5, 5.41) is 0. The molecule has 0 amide bonds. The predicted octanol–water partition coefficient (Wildman–Crippen LogP) is 6.68. The molecule has 3 aromatic rings. The molecule has 4 heteroatoms. The van der Waals surface area contributed by atoms with Crippen LogP contribution in [0.25, 0.3) is 0 Å². The Morgan fingerprint density at radius 3 is 1.82 bits per heavy atom. The van der Waals surface area contributed by atoms with Crippen LogP contribution in [0.15, 0.2) is 73.3 Å². The predicted molar refractivity (Wildman–Crippen MR) is 136 cm³/mol. The van der Waals surface area contributed by atoms with Gasteiger partial charge < -0.3 is 14.4 Å². The lowest BCUT2D eigenvalue weighted by molar-refractivity contribution is -0.139. The van der Waals surface area contributed by atoms with Crippen molar-refractivity contribution in [2.75, 3.05) is 24.7 Å². The van der Waals surface area contributed by atoms with Crippen LogP contribution in [0.3, 0.4) is 0 Å². The van der Waals surface area contributed by atoms with Crippen molar-refractivity contribution >= 4 is 23.0 Å². The van der Waals surface area contributed by atoms with Crippen molar-refractivity contribution in [1.29, 1.82) is 0 Å². The molecular formula is C29H33NO3. The molecule has 0 aliphatic heterocycles. The Labute approximate surface area is 197 Å². The fourth-order valence-electron chi connectivity index (χ4n) is 3.54. The van der Waals surface area contributed by atoms with Gasteiger partial charge in [0.15, 0.2) is 0 Å². The molecule has 0 fully saturated rings. The van der Waals surface area contributed by atoms with Crippen molar-refractivity contribution < 1.29 is 14.3 Å². The minimum Gasteiger partial charge on any atom is -0.460 e. The first-order valence-electron chi connectivity index (χ1n) is 11.3. The van der Waals surface area contributed by atoms with Crippen LogP contribution in [-0.4, -0.2) is 25.8 Å².